The summed E-state index contributed by atoms with van der Waals surface area (Å²) in [6.07, 6.45) is 6.38. The van der Waals surface area contributed by atoms with Gasteiger partial charge in [-0.15, -0.1) is 0 Å². The fourth-order valence-electron chi connectivity index (χ4n) is 2.60. The summed E-state index contributed by atoms with van der Waals surface area (Å²) in [5.74, 6) is 1.57. The van der Waals surface area contributed by atoms with Gasteiger partial charge in [-0.25, -0.2) is 0 Å². The van der Waals surface area contributed by atoms with Gasteiger partial charge in [0.2, 0.25) is 0 Å². The Hall–Kier alpha value is -1.22. The molecule has 0 radical (unpaired) electrons. The molecule has 0 saturated carbocycles. The number of aliphatic hydroxyl groups is 1. The predicted octanol–water partition coefficient (Wildman–Crippen LogP) is 3.85. The van der Waals surface area contributed by atoms with E-state index < -0.39 is 6.10 Å². The summed E-state index contributed by atoms with van der Waals surface area (Å²) < 4.78 is 11.1. The molecule has 2 atom stereocenters. The van der Waals surface area contributed by atoms with Crippen LogP contribution in [-0.2, 0) is 0 Å². The summed E-state index contributed by atoms with van der Waals surface area (Å²) in [7, 11) is 1.63. The topological polar surface area (TPSA) is 38.7 Å². The van der Waals surface area contributed by atoms with E-state index in [0.717, 1.165) is 23.5 Å². The highest BCUT2D eigenvalue weighted by molar-refractivity contribution is 5.43. The first kappa shape index (κ1) is 14.2. The molecule has 0 fully saturated rings. The molecule has 0 aromatic heterocycles. The zero-order chi connectivity index (χ0) is 13.7. The number of methoxy groups -OCH3 is 1. The first-order chi connectivity index (χ1) is 9.24. The van der Waals surface area contributed by atoms with Gasteiger partial charge in [-0.3, -0.25) is 0 Å². The molecular weight excluding hydrogens is 240 g/mol. The Morgan fingerprint density at radius 1 is 1.32 bits per heavy atom. The summed E-state index contributed by atoms with van der Waals surface area (Å²) in [5, 5.41) is 10.2. The molecule has 0 amide bonds. The number of ether oxygens (including phenoxy) is 2. The lowest BCUT2D eigenvalue weighted by atomic mass is 9.96. The lowest BCUT2D eigenvalue weighted by molar-refractivity contribution is 0.0602. The van der Waals surface area contributed by atoms with Crippen LogP contribution >= 0.6 is 0 Å². The Morgan fingerprint density at radius 3 is 2.89 bits per heavy atom. The molecule has 0 aliphatic carbocycles. The largest absolute Gasteiger partial charge is 0.497 e. The van der Waals surface area contributed by atoms with E-state index in [9.17, 15) is 5.11 Å². The minimum Gasteiger partial charge on any atom is -0.497 e. The van der Waals surface area contributed by atoms with Crippen molar-refractivity contribution in [3.8, 4) is 11.5 Å². The third kappa shape index (κ3) is 3.63. The van der Waals surface area contributed by atoms with Crippen LogP contribution in [0.5, 0.6) is 11.5 Å². The van der Waals surface area contributed by atoms with Gasteiger partial charge in [-0.2, -0.15) is 0 Å². The van der Waals surface area contributed by atoms with Crippen molar-refractivity contribution in [3.05, 3.63) is 23.8 Å². The number of benzene rings is 1. The Morgan fingerprint density at radius 2 is 2.16 bits per heavy atom. The molecule has 1 aromatic carbocycles. The highest BCUT2D eigenvalue weighted by atomic mass is 16.5. The second-order valence-electron chi connectivity index (χ2n) is 5.24. The Bertz CT molecular complexity index is 403. The van der Waals surface area contributed by atoms with Crippen molar-refractivity contribution in [2.75, 3.05) is 7.11 Å². The zero-order valence-electron chi connectivity index (χ0n) is 11.9. The van der Waals surface area contributed by atoms with E-state index in [-0.39, 0.29) is 6.10 Å². The number of unbranched alkanes of at least 4 members (excludes halogenated alkanes) is 3. The molecule has 1 aliphatic rings. The first-order valence-corrected chi connectivity index (χ1v) is 7.27. The lowest BCUT2D eigenvalue weighted by Crippen LogP contribution is -2.25. The molecule has 1 heterocycles. The maximum atomic E-state index is 10.2. The highest BCUT2D eigenvalue weighted by Gasteiger charge is 2.26. The Balaban J connectivity index is 1.95. The highest BCUT2D eigenvalue weighted by Crippen LogP contribution is 2.38. The molecule has 2 unspecified atom stereocenters. The second kappa shape index (κ2) is 6.80. The van der Waals surface area contributed by atoms with Gasteiger partial charge in [-0.05, 0) is 31.0 Å². The summed E-state index contributed by atoms with van der Waals surface area (Å²) in [5.41, 5.74) is 0.851. The van der Waals surface area contributed by atoms with Crippen LogP contribution in [0, 0.1) is 0 Å². The average Bonchev–Trinajstić information content (AvgIpc) is 2.43. The molecular formula is C16H24O3. The van der Waals surface area contributed by atoms with E-state index in [1.807, 2.05) is 18.2 Å². The molecule has 106 valence electrons. The molecule has 0 bridgehead atoms. The second-order valence-corrected chi connectivity index (χ2v) is 5.24. The normalized spacial score (nSPS) is 21.6. The van der Waals surface area contributed by atoms with Crippen molar-refractivity contribution in [2.45, 2.75) is 57.7 Å². The average molecular weight is 264 g/mol. The molecule has 1 aliphatic heterocycles. The Labute approximate surface area is 115 Å². The Kier molecular flexibility index (Phi) is 5.08. The smallest absolute Gasteiger partial charge is 0.125 e. The summed E-state index contributed by atoms with van der Waals surface area (Å²) in [4.78, 5) is 0. The quantitative estimate of drug-likeness (QED) is 0.793. The number of hydrogen-bond acceptors (Lipinski definition) is 3. The molecule has 0 saturated heterocycles. The maximum Gasteiger partial charge on any atom is 0.125 e. The molecule has 1 aromatic rings. The zero-order valence-corrected chi connectivity index (χ0v) is 11.9. The first-order valence-electron chi connectivity index (χ1n) is 7.27. The van der Waals surface area contributed by atoms with Crippen molar-refractivity contribution in [2.24, 2.45) is 0 Å². The van der Waals surface area contributed by atoms with Crippen LogP contribution in [-0.4, -0.2) is 18.3 Å². The van der Waals surface area contributed by atoms with Crippen LogP contribution < -0.4 is 9.47 Å². The van der Waals surface area contributed by atoms with E-state index >= 15 is 0 Å². The molecule has 3 nitrogen and oxygen atoms in total. The van der Waals surface area contributed by atoms with Crippen molar-refractivity contribution in [3.63, 3.8) is 0 Å². The number of aliphatic hydroxyl groups excluding tert-OH is 1. The number of fused-ring (bicyclic) bond motifs is 1. The summed E-state index contributed by atoms with van der Waals surface area (Å²) in [6.45, 7) is 2.21. The molecule has 1 N–H and O–H groups in total. The van der Waals surface area contributed by atoms with Gasteiger partial charge in [0.05, 0.1) is 13.2 Å². The molecule has 19 heavy (non-hydrogen) atoms. The third-order valence-electron chi connectivity index (χ3n) is 3.74. The number of rotatable bonds is 6. The minimum absolute atomic E-state index is 0.146. The standard InChI is InChI=1S/C16H24O3/c1-3-4-5-6-7-13-11-15(17)14-10-12(18-2)8-9-16(14)19-13/h8-10,13,15,17H,3-7,11H2,1-2H3. The number of hydrogen-bond donors (Lipinski definition) is 1. The van der Waals surface area contributed by atoms with Gasteiger partial charge in [-0.1, -0.05) is 26.2 Å². The van der Waals surface area contributed by atoms with Crippen molar-refractivity contribution < 1.29 is 14.6 Å². The van der Waals surface area contributed by atoms with Crippen LogP contribution in [0.1, 0.15) is 57.1 Å². The molecule has 2 rings (SSSR count). The van der Waals surface area contributed by atoms with Gasteiger partial charge < -0.3 is 14.6 Å². The third-order valence-corrected chi connectivity index (χ3v) is 3.74. The summed E-state index contributed by atoms with van der Waals surface area (Å²) >= 11 is 0. The maximum absolute atomic E-state index is 10.2. The van der Waals surface area contributed by atoms with Crippen LogP contribution in [0.2, 0.25) is 0 Å². The van der Waals surface area contributed by atoms with E-state index in [1.165, 1.54) is 25.7 Å². The van der Waals surface area contributed by atoms with Gasteiger partial charge >= 0.3 is 0 Å². The van der Waals surface area contributed by atoms with Gasteiger partial charge in [0.1, 0.15) is 17.6 Å². The fourth-order valence-corrected chi connectivity index (χ4v) is 2.60. The van der Waals surface area contributed by atoms with Crippen molar-refractivity contribution >= 4 is 0 Å². The lowest BCUT2D eigenvalue weighted by Gasteiger charge is -2.30. The monoisotopic (exact) mass is 264 g/mol. The van der Waals surface area contributed by atoms with Gasteiger partial charge in [0, 0.05) is 12.0 Å². The van der Waals surface area contributed by atoms with E-state index in [2.05, 4.69) is 6.92 Å². The van der Waals surface area contributed by atoms with E-state index in [1.54, 1.807) is 7.11 Å². The summed E-state index contributed by atoms with van der Waals surface area (Å²) in [6, 6.07) is 5.65. The fraction of sp³-hybridized carbons (Fsp3) is 0.625. The van der Waals surface area contributed by atoms with Crippen molar-refractivity contribution in [1.82, 2.24) is 0 Å². The SMILES string of the molecule is CCCCCCC1CC(O)c2cc(OC)ccc2O1. The minimum atomic E-state index is -0.435. The van der Waals surface area contributed by atoms with Crippen LogP contribution in [0.15, 0.2) is 18.2 Å². The van der Waals surface area contributed by atoms with Crippen molar-refractivity contribution in [1.29, 1.82) is 0 Å². The van der Waals surface area contributed by atoms with Crippen LogP contribution in [0.3, 0.4) is 0 Å². The molecule has 3 heteroatoms. The van der Waals surface area contributed by atoms with E-state index in [0.29, 0.717) is 6.42 Å². The van der Waals surface area contributed by atoms with E-state index in [4.69, 9.17) is 9.47 Å². The van der Waals surface area contributed by atoms with Gasteiger partial charge in [0.25, 0.3) is 0 Å². The molecule has 0 spiro atoms. The van der Waals surface area contributed by atoms with Crippen LogP contribution in [0.25, 0.3) is 0 Å². The predicted molar refractivity (Wildman–Crippen MR) is 75.7 cm³/mol. The van der Waals surface area contributed by atoms with Gasteiger partial charge in [0.15, 0.2) is 0 Å². The van der Waals surface area contributed by atoms with Crippen LogP contribution in [0.4, 0.5) is 0 Å².